The van der Waals surface area contributed by atoms with Gasteiger partial charge in [-0.3, -0.25) is 15.0 Å². The van der Waals surface area contributed by atoms with Crippen LogP contribution in [0.25, 0.3) is 10.9 Å². The Morgan fingerprint density at radius 2 is 1.78 bits per heavy atom. The second-order valence-electron chi connectivity index (χ2n) is 6.54. The summed E-state index contributed by atoms with van der Waals surface area (Å²) in [5.41, 5.74) is 2.29. The van der Waals surface area contributed by atoms with E-state index < -0.39 is 28.9 Å². The van der Waals surface area contributed by atoms with Crippen LogP contribution in [0.15, 0.2) is 41.2 Å². The van der Waals surface area contributed by atoms with Gasteiger partial charge < -0.3 is 0 Å². The summed E-state index contributed by atoms with van der Waals surface area (Å²) in [5.74, 6) is -2.36. The van der Waals surface area contributed by atoms with Gasteiger partial charge in [0, 0.05) is 18.1 Å². The molecule has 1 saturated carbocycles. The minimum absolute atomic E-state index is 0.00252. The summed E-state index contributed by atoms with van der Waals surface area (Å²) in [7, 11) is 0. The lowest BCUT2D eigenvalue weighted by atomic mass is 10.1. The molecule has 0 bridgehead atoms. The smallest absolute Gasteiger partial charge is 0.273 e. The summed E-state index contributed by atoms with van der Waals surface area (Å²) >= 11 is 0. The molecule has 0 spiro atoms. The van der Waals surface area contributed by atoms with Crippen molar-refractivity contribution in [3.05, 3.63) is 75.6 Å². The minimum Gasteiger partial charge on any atom is -0.273 e. The number of carbonyl (C=O) groups excluding carboxylic acids is 1. The summed E-state index contributed by atoms with van der Waals surface area (Å²) < 4.78 is 41.1. The van der Waals surface area contributed by atoms with Gasteiger partial charge in [-0.1, -0.05) is 0 Å². The average molecular weight is 373 g/mol. The van der Waals surface area contributed by atoms with Gasteiger partial charge in [-0.2, -0.15) is 0 Å². The molecule has 0 saturated heterocycles. The zero-order valence-corrected chi connectivity index (χ0v) is 14.0. The van der Waals surface area contributed by atoms with Gasteiger partial charge in [-0.25, -0.2) is 22.8 Å². The second-order valence-corrected chi connectivity index (χ2v) is 6.54. The van der Waals surface area contributed by atoms with E-state index in [2.05, 4.69) is 10.4 Å². The monoisotopic (exact) mass is 373 g/mol. The third-order valence-corrected chi connectivity index (χ3v) is 4.32. The van der Waals surface area contributed by atoms with Crippen molar-refractivity contribution < 1.29 is 18.0 Å². The van der Waals surface area contributed by atoms with Crippen LogP contribution in [0.3, 0.4) is 0 Å². The molecule has 5 nitrogen and oxygen atoms in total. The zero-order chi connectivity index (χ0) is 19.1. The lowest BCUT2D eigenvalue weighted by molar-refractivity contribution is -0.116. The maximum Gasteiger partial charge on any atom is 0.280 e. The van der Waals surface area contributed by atoms with Crippen molar-refractivity contribution in [3.8, 4) is 0 Å². The molecule has 3 aromatic rings. The molecule has 1 heterocycles. The number of hydrogen-bond donors (Lipinski definition) is 1. The highest BCUT2D eigenvalue weighted by Crippen LogP contribution is 2.38. The number of benzene rings is 2. The van der Waals surface area contributed by atoms with Crippen LogP contribution in [0, 0.1) is 17.5 Å². The largest absolute Gasteiger partial charge is 0.280 e. The second kappa shape index (κ2) is 6.53. The number of hydrogen-bond acceptors (Lipinski definition) is 3. The number of halogens is 3. The van der Waals surface area contributed by atoms with E-state index in [1.807, 2.05) is 0 Å². The van der Waals surface area contributed by atoms with Gasteiger partial charge in [0.2, 0.25) is 5.91 Å². The van der Waals surface area contributed by atoms with Crippen LogP contribution < -0.4 is 11.0 Å². The van der Waals surface area contributed by atoms with E-state index in [0.29, 0.717) is 11.9 Å². The molecule has 4 rings (SSSR count). The minimum atomic E-state index is -0.789. The van der Waals surface area contributed by atoms with Gasteiger partial charge in [0.1, 0.15) is 23.3 Å². The lowest BCUT2D eigenvalue weighted by Gasteiger charge is -2.14. The highest BCUT2D eigenvalue weighted by Gasteiger charge is 2.30. The summed E-state index contributed by atoms with van der Waals surface area (Å²) in [6, 6.07) is 6.43. The van der Waals surface area contributed by atoms with Crippen molar-refractivity contribution in [2.75, 3.05) is 5.43 Å². The van der Waals surface area contributed by atoms with Gasteiger partial charge in [0.15, 0.2) is 0 Å². The van der Waals surface area contributed by atoms with E-state index >= 15 is 0 Å². The predicted octanol–water partition coefficient (Wildman–Crippen LogP) is 3.00. The van der Waals surface area contributed by atoms with Crippen molar-refractivity contribution in [1.29, 1.82) is 0 Å². The number of nitrogens with zero attached hydrogens (tertiary/aromatic N) is 2. The third-order valence-electron chi connectivity index (χ3n) is 4.32. The molecular weight excluding hydrogens is 359 g/mol. The molecule has 1 N–H and O–H groups in total. The van der Waals surface area contributed by atoms with E-state index in [0.717, 1.165) is 35.7 Å². The molecule has 0 atom stereocenters. The Morgan fingerprint density at radius 1 is 1.07 bits per heavy atom. The number of nitrogens with one attached hydrogen (secondary N) is 1. The third kappa shape index (κ3) is 3.55. The Labute approximate surface area is 151 Å². The first-order chi connectivity index (χ1) is 12.9. The molecule has 1 aliphatic rings. The SMILES string of the molecule is O=C(Cc1cc(F)cc(F)c1)Nn1c(C2CC2)nc2cc(F)ccc2c1=O. The first-order valence-electron chi connectivity index (χ1n) is 8.38. The molecule has 8 heteroatoms. The van der Waals surface area contributed by atoms with Gasteiger partial charge >= 0.3 is 0 Å². The Bertz CT molecular complexity index is 1100. The van der Waals surface area contributed by atoms with Crippen molar-refractivity contribution in [2.24, 2.45) is 0 Å². The van der Waals surface area contributed by atoms with Crippen LogP contribution in [-0.2, 0) is 11.2 Å². The lowest BCUT2D eigenvalue weighted by Crippen LogP contribution is -2.37. The highest BCUT2D eigenvalue weighted by atomic mass is 19.1. The molecule has 0 radical (unpaired) electrons. The number of aromatic nitrogens is 2. The number of fused-ring (bicyclic) bond motifs is 1. The fourth-order valence-corrected chi connectivity index (χ4v) is 2.96. The van der Waals surface area contributed by atoms with Gasteiger partial charge in [-0.05, 0) is 42.7 Å². The first kappa shape index (κ1) is 17.3. The van der Waals surface area contributed by atoms with Crippen LogP contribution >= 0.6 is 0 Å². The first-order valence-corrected chi connectivity index (χ1v) is 8.38. The van der Waals surface area contributed by atoms with E-state index in [1.165, 1.54) is 12.1 Å². The van der Waals surface area contributed by atoms with Crippen molar-refractivity contribution in [1.82, 2.24) is 9.66 Å². The van der Waals surface area contributed by atoms with Crippen LogP contribution in [0.1, 0.15) is 30.1 Å². The summed E-state index contributed by atoms with van der Waals surface area (Å²) in [5, 5.41) is 0.165. The molecule has 1 aliphatic carbocycles. The standard InChI is InChI=1S/C19H14F3N3O2/c20-12-3-4-15-16(9-12)23-18(11-1-2-11)25(19(15)27)24-17(26)7-10-5-13(21)8-14(22)6-10/h3-6,8-9,11H,1-2,7H2,(H,24,26). The van der Waals surface area contributed by atoms with Crippen LogP contribution in [0.2, 0.25) is 0 Å². The Balaban J connectivity index is 1.69. The number of carbonyl (C=O) groups is 1. The van der Waals surface area contributed by atoms with E-state index in [4.69, 9.17) is 0 Å². The van der Waals surface area contributed by atoms with Crippen LogP contribution in [0.5, 0.6) is 0 Å². The average Bonchev–Trinajstić information content (AvgIpc) is 3.41. The van der Waals surface area contributed by atoms with Crippen molar-refractivity contribution in [2.45, 2.75) is 25.2 Å². The molecule has 1 fully saturated rings. The molecular formula is C19H14F3N3O2. The molecule has 0 unspecified atom stereocenters. The fraction of sp³-hybridized carbons (Fsp3) is 0.211. The Morgan fingerprint density at radius 3 is 2.44 bits per heavy atom. The summed E-state index contributed by atoms with van der Waals surface area (Å²) in [6.07, 6.45) is 1.29. The quantitative estimate of drug-likeness (QED) is 0.765. The maximum atomic E-state index is 13.5. The molecule has 1 amide bonds. The molecule has 0 aliphatic heterocycles. The number of amides is 1. The van der Waals surface area contributed by atoms with Crippen molar-refractivity contribution in [3.63, 3.8) is 0 Å². The Hall–Kier alpha value is -3.16. The topological polar surface area (TPSA) is 64.0 Å². The van der Waals surface area contributed by atoms with E-state index in [9.17, 15) is 22.8 Å². The van der Waals surface area contributed by atoms with Gasteiger partial charge in [0.05, 0.1) is 17.3 Å². The molecule has 27 heavy (non-hydrogen) atoms. The summed E-state index contributed by atoms with van der Waals surface area (Å²) in [6.45, 7) is 0. The predicted molar refractivity (Wildman–Crippen MR) is 92.4 cm³/mol. The van der Waals surface area contributed by atoms with Crippen LogP contribution in [-0.4, -0.2) is 15.6 Å². The normalized spacial score (nSPS) is 13.7. The molecule has 138 valence electrons. The van der Waals surface area contributed by atoms with Gasteiger partial charge in [-0.15, -0.1) is 0 Å². The van der Waals surface area contributed by atoms with Crippen LogP contribution in [0.4, 0.5) is 13.2 Å². The summed E-state index contributed by atoms with van der Waals surface area (Å²) in [4.78, 5) is 29.4. The molecule has 2 aromatic carbocycles. The Kier molecular flexibility index (Phi) is 4.18. The fourth-order valence-electron chi connectivity index (χ4n) is 2.96. The van der Waals surface area contributed by atoms with Crippen molar-refractivity contribution >= 4 is 16.8 Å². The van der Waals surface area contributed by atoms with Gasteiger partial charge in [0.25, 0.3) is 5.56 Å². The van der Waals surface area contributed by atoms with E-state index in [-0.39, 0.29) is 28.8 Å². The maximum absolute atomic E-state index is 13.5. The van der Waals surface area contributed by atoms with E-state index in [1.54, 1.807) is 0 Å². The highest BCUT2D eigenvalue weighted by molar-refractivity contribution is 5.86. The molecule has 1 aromatic heterocycles. The zero-order valence-electron chi connectivity index (χ0n) is 14.0. The number of rotatable bonds is 4.